The first-order valence-electron chi connectivity index (χ1n) is 9.30. The summed E-state index contributed by atoms with van der Waals surface area (Å²) in [5, 5.41) is 0. The van der Waals surface area contributed by atoms with Crippen LogP contribution in [0, 0.1) is 5.92 Å². The average molecular weight is 367 g/mol. The molecule has 0 spiro atoms. The van der Waals surface area contributed by atoms with Crippen molar-refractivity contribution in [3.63, 3.8) is 0 Å². The van der Waals surface area contributed by atoms with Crippen molar-refractivity contribution >= 4 is 12.0 Å². The number of nitrogens with zero attached hydrogens (tertiary/aromatic N) is 1. The summed E-state index contributed by atoms with van der Waals surface area (Å²) < 4.78 is 10.8. The first-order valence-corrected chi connectivity index (χ1v) is 9.30. The van der Waals surface area contributed by atoms with Crippen LogP contribution in [-0.2, 0) is 27.3 Å². The predicted molar refractivity (Wildman–Crippen MR) is 102 cm³/mol. The number of hydrogen-bond donors (Lipinski definition) is 0. The standard InChI is InChI=1S/C22H25NO4/c1-17(12-13-26-15-19-10-6-3-7-11-19)21(24)23-20(16-27-22(23)25)14-18-8-4-2-5-9-18/h2-11,17,20H,12-16H2,1H3/t17?,20-/m0/s1. The van der Waals surface area contributed by atoms with Crippen molar-refractivity contribution < 1.29 is 19.1 Å². The van der Waals surface area contributed by atoms with Crippen molar-refractivity contribution in [1.29, 1.82) is 0 Å². The molecule has 0 bridgehead atoms. The van der Waals surface area contributed by atoms with Gasteiger partial charge in [-0.1, -0.05) is 67.6 Å². The Morgan fingerprint density at radius 3 is 2.41 bits per heavy atom. The number of carbonyl (C=O) groups excluding carboxylic acids is 2. The normalized spacial score (nSPS) is 17.6. The third-order valence-corrected chi connectivity index (χ3v) is 4.74. The van der Waals surface area contributed by atoms with Gasteiger partial charge in [0.1, 0.15) is 6.61 Å². The van der Waals surface area contributed by atoms with E-state index < -0.39 is 6.09 Å². The molecule has 1 aliphatic rings. The van der Waals surface area contributed by atoms with Gasteiger partial charge in [-0.3, -0.25) is 4.79 Å². The number of rotatable bonds is 8. The highest BCUT2D eigenvalue weighted by atomic mass is 16.6. The molecule has 2 aromatic rings. The van der Waals surface area contributed by atoms with Crippen LogP contribution in [-0.4, -0.2) is 36.2 Å². The summed E-state index contributed by atoms with van der Waals surface area (Å²) in [4.78, 5) is 26.2. The molecule has 1 saturated heterocycles. The van der Waals surface area contributed by atoms with Crippen LogP contribution in [0.4, 0.5) is 4.79 Å². The van der Waals surface area contributed by atoms with Gasteiger partial charge in [-0.25, -0.2) is 9.69 Å². The highest BCUT2D eigenvalue weighted by molar-refractivity contribution is 5.94. The van der Waals surface area contributed by atoms with Crippen LogP contribution in [0.25, 0.3) is 0 Å². The largest absolute Gasteiger partial charge is 0.447 e. The zero-order valence-corrected chi connectivity index (χ0v) is 15.5. The van der Waals surface area contributed by atoms with Crippen molar-refractivity contribution in [2.24, 2.45) is 5.92 Å². The Balaban J connectivity index is 1.50. The van der Waals surface area contributed by atoms with Gasteiger partial charge in [0, 0.05) is 12.5 Å². The predicted octanol–water partition coefficient (Wildman–Crippen LogP) is 3.82. The summed E-state index contributed by atoms with van der Waals surface area (Å²) in [6.45, 7) is 3.06. The van der Waals surface area contributed by atoms with Gasteiger partial charge >= 0.3 is 6.09 Å². The zero-order valence-electron chi connectivity index (χ0n) is 15.5. The van der Waals surface area contributed by atoms with Crippen LogP contribution in [0.2, 0.25) is 0 Å². The van der Waals surface area contributed by atoms with Gasteiger partial charge in [-0.05, 0) is 24.0 Å². The van der Waals surface area contributed by atoms with E-state index in [1.807, 2.05) is 67.6 Å². The van der Waals surface area contributed by atoms with E-state index in [2.05, 4.69) is 0 Å². The minimum atomic E-state index is -0.544. The van der Waals surface area contributed by atoms with E-state index in [0.29, 0.717) is 26.1 Å². The van der Waals surface area contributed by atoms with Crippen LogP contribution in [0.1, 0.15) is 24.5 Å². The molecule has 1 fully saturated rings. The molecule has 3 rings (SSSR count). The van der Waals surface area contributed by atoms with Crippen LogP contribution < -0.4 is 0 Å². The lowest BCUT2D eigenvalue weighted by Crippen LogP contribution is -2.43. The Morgan fingerprint density at radius 1 is 1.11 bits per heavy atom. The molecule has 0 N–H and O–H groups in total. The van der Waals surface area contributed by atoms with Gasteiger partial charge in [0.05, 0.1) is 12.6 Å². The number of benzene rings is 2. The first-order chi connectivity index (χ1) is 13.1. The fraction of sp³-hybridized carbons (Fsp3) is 0.364. The Morgan fingerprint density at radius 2 is 1.74 bits per heavy atom. The van der Waals surface area contributed by atoms with Gasteiger partial charge in [0.15, 0.2) is 0 Å². The topological polar surface area (TPSA) is 55.8 Å². The third kappa shape index (κ3) is 5.17. The Bertz CT molecular complexity index is 747. The number of cyclic esters (lactones) is 1. The van der Waals surface area contributed by atoms with Gasteiger partial charge in [0.25, 0.3) is 0 Å². The van der Waals surface area contributed by atoms with E-state index >= 15 is 0 Å². The number of carbonyl (C=O) groups is 2. The van der Waals surface area contributed by atoms with E-state index in [9.17, 15) is 9.59 Å². The Hall–Kier alpha value is -2.66. The summed E-state index contributed by atoms with van der Waals surface area (Å²) in [7, 11) is 0. The molecule has 1 heterocycles. The second kappa shape index (κ2) is 9.33. The van der Waals surface area contributed by atoms with Gasteiger partial charge in [-0.2, -0.15) is 0 Å². The minimum Gasteiger partial charge on any atom is -0.447 e. The summed E-state index contributed by atoms with van der Waals surface area (Å²) in [5.41, 5.74) is 2.18. The van der Waals surface area contributed by atoms with Crippen molar-refractivity contribution in [1.82, 2.24) is 4.90 Å². The lowest BCUT2D eigenvalue weighted by molar-refractivity contribution is -0.133. The lowest BCUT2D eigenvalue weighted by atomic mass is 10.0. The maximum Gasteiger partial charge on any atom is 0.416 e. The molecular formula is C22H25NO4. The van der Waals surface area contributed by atoms with Crippen molar-refractivity contribution in [3.05, 3.63) is 71.8 Å². The molecule has 0 saturated carbocycles. The Labute approximate surface area is 159 Å². The number of amides is 2. The molecule has 2 amide bonds. The quantitative estimate of drug-likeness (QED) is 0.666. The summed E-state index contributed by atoms with van der Waals surface area (Å²) in [6, 6.07) is 19.5. The molecular weight excluding hydrogens is 342 g/mol. The smallest absolute Gasteiger partial charge is 0.416 e. The average Bonchev–Trinajstić information content (AvgIpc) is 3.06. The molecule has 5 heteroatoms. The molecule has 5 nitrogen and oxygen atoms in total. The maximum atomic E-state index is 12.8. The number of hydrogen-bond acceptors (Lipinski definition) is 4. The highest BCUT2D eigenvalue weighted by Crippen LogP contribution is 2.21. The van der Waals surface area contributed by atoms with Gasteiger partial charge in [0.2, 0.25) is 5.91 Å². The van der Waals surface area contributed by atoms with E-state index in [-0.39, 0.29) is 24.5 Å². The Kier molecular flexibility index (Phi) is 6.60. The van der Waals surface area contributed by atoms with Crippen LogP contribution in [0.15, 0.2) is 60.7 Å². The molecule has 0 radical (unpaired) electrons. The van der Waals surface area contributed by atoms with E-state index in [1.54, 1.807) is 0 Å². The van der Waals surface area contributed by atoms with Gasteiger partial charge in [-0.15, -0.1) is 0 Å². The number of ether oxygens (including phenoxy) is 2. The summed E-state index contributed by atoms with van der Waals surface area (Å²) >= 11 is 0. The number of imide groups is 1. The molecule has 2 atom stereocenters. The fourth-order valence-electron chi connectivity index (χ4n) is 3.15. The van der Waals surface area contributed by atoms with Crippen LogP contribution in [0.3, 0.4) is 0 Å². The van der Waals surface area contributed by atoms with Crippen LogP contribution >= 0.6 is 0 Å². The molecule has 1 unspecified atom stereocenters. The van der Waals surface area contributed by atoms with Gasteiger partial charge < -0.3 is 9.47 Å². The SMILES string of the molecule is CC(CCOCc1ccccc1)C(=O)N1C(=O)OC[C@@H]1Cc1ccccc1. The van der Waals surface area contributed by atoms with Crippen LogP contribution in [0.5, 0.6) is 0 Å². The van der Waals surface area contributed by atoms with Crippen molar-refractivity contribution in [2.75, 3.05) is 13.2 Å². The first kappa shape index (κ1) is 19.1. The van der Waals surface area contributed by atoms with Crippen molar-refractivity contribution in [3.8, 4) is 0 Å². The van der Waals surface area contributed by atoms with E-state index in [0.717, 1.165) is 11.1 Å². The maximum absolute atomic E-state index is 12.8. The summed E-state index contributed by atoms with van der Waals surface area (Å²) in [6.07, 6.45) is 0.626. The molecule has 1 aliphatic heterocycles. The second-order valence-corrected chi connectivity index (χ2v) is 6.86. The molecule has 2 aromatic carbocycles. The minimum absolute atomic E-state index is 0.193. The molecule has 0 aliphatic carbocycles. The second-order valence-electron chi connectivity index (χ2n) is 6.86. The zero-order chi connectivity index (χ0) is 19.1. The molecule has 27 heavy (non-hydrogen) atoms. The molecule has 142 valence electrons. The summed E-state index contributed by atoms with van der Waals surface area (Å²) in [5.74, 6) is -0.494. The van der Waals surface area contributed by atoms with E-state index in [1.165, 1.54) is 4.90 Å². The van der Waals surface area contributed by atoms with E-state index in [4.69, 9.17) is 9.47 Å². The van der Waals surface area contributed by atoms with Crippen molar-refractivity contribution in [2.45, 2.75) is 32.4 Å². The monoisotopic (exact) mass is 367 g/mol. The third-order valence-electron chi connectivity index (χ3n) is 4.74. The fourth-order valence-corrected chi connectivity index (χ4v) is 3.15. The molecule has 0 aromatic heterocycles. The highest BCUT2D eigenvalue weighted by Gasteiger charge is 2.39. The lowest BCUT2D eigenvalue weighted by Gasteiger charge is -2.23.